The summed E-state index contributed by atoms with van der Waals surface area (Å²) in [4.78, 5) is 36.4. The van der Waals surface area contributed by atoms with Gasteiger partial charge in [0.05, 0.1) is 26.9 Å². The van der Waals surface area contributed by atoms with Crippen molar-refractivity contribution in [1.29, 1.82) is 0 Å². The van der Waals surface area contributed by atoms with Crippen molar-refractivity contribution in [2.24, 2.45) is 11.3 Å². The van der Waals surface area contributed by atoms with Gasteiger partial charge in [-0.2, -0.15) is 0 Å². The number of hydrogen-bond acceptors (Lipinski definition) is 7. The fourth-order valence-corrected chi connectivity index (χ4v) is 5.26. The van der Waals surface area contributed by atoms with Gasteiger partial charge in [0, 0.05) is 0 Å². The molecule has 8 heteroatoms. The summed E-state index contributed by atoms with van der Waals surface area (Å²) < 4.78 is 21.2. The zero-order chi connectivity index (χ0) is 23.4. The molecule has 30 heavy (non-hydrogen) atoms. The molecule has 0 bridgehead atoms. The van der Waals surface area contributed by atoms with Crippen molar-refractivity contribution in [3.8, 4) is 0 Å². The van der Waals surface area contributed by atoms with Crippen LogP contribution in [0.15, 0.2) is 12.7 Å². The van der Waals surface area contributed by atoms with Gasteiger partial charge >= 0.3 is 17.9 Å². The fourth-order valence-electron chi connectivity index (χ4n) is 3.69. The molecular formula is C22H38O7Si. The second kappa shape index (κ2) is 9.64. The van der Waals surface area contributed by atoms with Crippen LogP contribution in [0.2, 0.25) is 18.1 Å². The van der Waals surface area contributed by atoms with Crippen LogP contribution >= 0.6 is 0 Å². The first-order valence-electron chi connectivity index (χ1n) is 10.4. The van der Waals surface area contributed by atoms with E-state index < -0.39 is 37.2 Å². The van der Waals surface area contributed by atoms with Crippen LogP contribution < -0.4 is 0 Å². The van der Waals surface area contributed by atoms with Crippen LogP contribution in [0.25, 0.3) is 0 Å². The molecule has 2 unspecified atom stereocenters. The van der Waals surface area contributed by atoms with E-state index in [4.69, 9.17) is 18.6 Å². The summed E-state index contributed by atoms with van der Waals surface area (Å²) in [6.07, 6.45) is 4.27. The van der Waals surface area contributed by atoms with E-state index in [1.54, 1.807) is 6.08 Å². The van der Waals surface area contributed by atoms with Crippen LogP contribution in [-0.2, 0) is 33.0 Å². The van der Waals surface area contributed by atoms with Crippen LogP contribution in [0.3, 0.4) is 0 Å². The first-order valence-corrected chi connectivity index (χ1v) is 13.3. The molecule has 0 radical (unpaired) electrons. The van der Waals surface area contributed by atoms with E-state index in [-0.39, 0.29) is 11.0 Å². The van der Waals surface area contributed by atoms with Crippen LogP contribution in [-0.4, -0.2) is 53.2 Å². The van der Waals surface area contributed by atoms with E-state index >= 15 is 0 Å². The predicted molar refractivity (Wildman–Crippen MR) is 116 cm³/mol. The molecular weight excluding hydrogens is 404 g/mol. The highest BCUT2D eigenvalue weighted by Gasteiger charge is 2.73. The standard InChI is InChI=1S/C22H38O7Si/c1-10-22(29-30(8,9)20(2,3)4)15-21(22,19(25)28-7)14-12-11-13-16(17(23)26-5)18(24)27-6/h10,16H,1,11-15H2,2-9H3. The zero-order valence-electron chi connectivity index (χ0n) is 19.8. The number of ether oxygens (including phenoxy) is 3. The minimum Gasteiger partial charge on any atom is -0.468 e. The molecule has 1 rings (SSSR count). The highest BCUT2D eigenvalue weighted by atomic mass is 28.4. The maximum atomic E-state index is 12.8. The lowest BCUT2D eigenvalue weighted by atomic mass is 9.92. The van der Waals surface area contributed by atoms with Gasteiger partial charge in [-0.1, -0.05) is 39.7 Å². The lowest BCUT2D eigenvalue weighted by Gasteiger charge is -2.40. The maximum absolute atomic E-state index is 12.8. The van der Waals surface area contributed by atoms with Gasteiger partial charge < -0.3 is 18.6 Å². The molecule has 0 aliphatic heterocycles. The lowest BCUT2D eigenvalue weighted by Crippen LogP contribution is -2.47. The van der Waals surface area contributed by atoms with E-state index in [1.807, 2.05) is 0 Å². The first kappa shape index (κ1) is 26.4. The summed E-state index contributed by atoms with van der Waals surface area (Å²) in [5.41, 5.74) is -1.53. The quantitative estimate of drug-likeness (QED) is 0.119. The average molecular weight is 443 g/mol. The molecule has 7 nitrogen and oxygen atoms in total. The SMILES string of the molecule is C=CC1(O[Si](C)(C)C(C)(C)C)CC1(CCCCC(C(=O)OC)C(=O)OC)C(=O)OC. The van der Waals surface area contributed by atoms with E-state index in [0.717, 1.165) is 0 Å². The Balaban J connectivity index is 2.92. The maximum Gasteiger partial charge on any atom is 0.320 e. The van der Waals surface area contributed by atoms with Crippen molar-refractivity contribution in [3.63, 3.8) is 0 Å². The highest BCUT2D eigenvalue weighted by molar-refractivity contribution is 6.74. The van der Waals surface area contributed by atoms with Crippen LogP contribution in [0, 0.1) is 11.3 Å². The Kier molecular flexibility index (Phi) is 8.47. The van der Waals surface area contributed by atoms with Crippen molar-refractivity contribution in [1.82, 2.24) is 0 Å². The van der Waals surface area contributed by atoms with Crippen molar-refractivity contribution in [2.45, 2.75) is 76.6 Å². The van der Waals surface area contributed by atoms with Crippen molar-refractivity contribution >= 4 is 26.2 Å². The zero-order valence-corrected chi connectivity index (χ0v) is 20.8. The van der Waals surface area contributed by atoms with Crippen LogP contribution in [0.1, 0.15) is 52.9 Å². The third kappa shape index (κ3) is 5.14. The van der Waals surface area contributed by atoms with E-state index in [9.17, 15) is 14.4 Å². The average Bonchev–Trinajstić information content (AvgIpc) is 3.32. The summed E-state index contributed by atoms with van der Waals surface area (Å²) >= 11 is 0. The van der Waals surface area contributed by atoms with Crippen LogP contribution in [0.4, 0.5) is 0 Å². The first-order chi connectivity index (χ1) is 13.8. The molecule has 2 atom stereocenters. The Morgan fingerprint density at radius 3 is 1.97 bits per heavy atom. The van der Waals surface area contributed by atoms with Gasteiger partial charge in [0.25, 0.3) is 0 Å². The molecule has 1 saturated carbocycles. The van der Waals surface area contributed by atoms with Crippen LogP contribution in [0.5, 0.6) is 0 Å². The van der Waals surface area contributed by atoms with Gasteiger partial charge in [-0.3, -0.25) is 14.4 Å². The number of methoxy groups -OCH3 is 3. The molecule has 0 N–H and O–H groups in total. The molecule has 0 saturated heterocycles. The van der Waals surface area contributed by atoms with E-state index in [1.165, 1.54) is 21.3 Å². The molecule has 0 aromatic heterocycles. The molecule has 0 heterocycles. The van der Waals surface area contributed by atoms with Crippen molar-refractivity contribution < 1.29 is 33.0 Å². The fraction of sp³-hybridized carbons (Fsp3) is 0.773. The Bertz CT molecular complexity index is 651. The molecule has 0 aromatic carbocycles. The number of esters is 3. The number of carbonyl (C=O) groups excluding carboxylic acids is 3. The normalized spacial score (nSPS) is 23.6. The second-order valence-electron chi connectivity index (χ2n) is 9.55. The molecule has 172 valence electrons. The predicted octanol–water partition coefficient (Wildman–Crippen LogP) is 4.02. The van der Waals surface area contributed by atoms with Gasteiger partial charge in [-0.15, -0.1) is 6.58 Å². The Hall–Kier alpha value is -1.67. The highest BCUT2D eigenvalue weighted by Crippen LogP contribution is 2.65. The summed E-state index contributed by atoms with van der Waals surface area (Å²) in [7, 11) is 1.71. The molecule has 1 aliphatic carbocycles. The topological polar surface area (TPSA) is 88.1 Å². The largest absolute Gasteiger partial charge is 0.468 e. The summed E-state index contributed by atoms with van der Waals surface area (Å²) in [5.74, 6) is -2.49. The van der Waals surface area contributed by atoms with E-state index in [2.05, 4.69) is 40.4 Å². The number of unbranched alkanes of at least 4 members (excludes halogenated alkanes) is 1. The third-order valence-corrected chi connectivity index (χ3v) is 11.2. The van der Waals surface area contributed by atoms with Crippen molar-refractivity contribution in [2.75, 3.05) is 21.3 Å². The smallest absolute Gasteiger partial charge is 0.320 e. The van der Waals surface area contributed by atoms with Gasteiger partial charge in [-0.25, -0.2) is 0 Å². The lowest BCUT2D eigenvalue weighted by molar-refractivity contribution is -0.159. The Morgan fingerprint density at radius 2 is 1.57 bits per heavy atom. The van der Waals surface area contributed by atoms with E-state index in [0.29, 0.717) is 32.1 Å². The number of hydrogen-bond donors (Lipinski definition) is 0. The number of rotatable bonds is 11. The molecule has 1 fully saturated rings. The Labute approximate surface area is 181 Å². The summed E-state index contributed by atoms with van der Waals surface area (Å²) in [5, 5.41) is -0.0122. The summed E-state index contributed by atoms with van der Waals surface area (Å²) in [6.45, 7) is 14.7. The van der Waals surface area contributed by atoms with Crippen molar-refractivity contribution in [3.05, 3.63) is 12.7 Å². The number of carbonyl (C=O) groups is 3. The van der Waals surface area contributed by atoms with Gasteiger partial charge in [0.1, 0.15) is 5.41 Å². The molecule has 0 aromatic rings. The minimum absolute atomic E-state index is 0.0122. The molecule has 1 aliphatic rings. The van der Waals surface area contributed by atoms with Gasteiger partial charge in [-0.05, 0) is 37.4 Å². The molecule has 0 spiro atoms. The molecule has 0 amide bonds. The Morgan fingerprint density at radius 1 is 1.03 bits per heavy atom. The monoisotopic (exact) mass is 442 g/mol. The second-order valence-corrected chi connectivity index (χ2v) is 14.3. The minimum atomic E-state index is -2.15. The van der Waals surface area contributed by atoms with Gasteiger partial charge in [0.2, 0.25) is 0 Å². The van der Waals surface area contributed by atoms with Gasteiger partial charge in [0.15, 0.2) is 14.2 Å². The third-order valence-electron chi connectivity index (χ3n) is 6.72. The summed E-state index contributed by atoms with van der Waals surface area (Å²) in [6, 6.07) is 0.